The Morgan fingerprint density at radius 2 is 1.92 bits per heavy atom. The predicted molar refractivity (Wildman–Crippen MR) is 99.5 cm³/mol. The minimum absolute atomic E-state index is 0.112. The monoisotopic (exact) mass is 341 g/mol. The number of amides is 1. The Labute approximate surface area is 147 Å². The van der Waals surface area contributed by atoms with Crippen LogP contribution in [-0.4, -0.2) is 24.0 Å². The number of carbonyl (C=O) groups excluding carboxylic acids is 1. The molecule has 0 aliphatic heterocycles. The SMILES string of the molecule is O=C(CSCCOc1ccccc1)N[C@@H]1CCCc2ccccc21. The number of fused-ring (bicyclic) bond motifs is 1. The van der Waals surface area contributed by atoms with E-state index in [1.165, 1.54) is 11.1 Å². The number of rotatable bonds is 7. The van der Waals surface area contributed by atoms with Crippen molar-refractivity contribution in [2.75, 3.05) is 18.1 Å². The number of nitrogens with one attached hydrogen (secondary N) is 1. The molecule has 0 saturated heterocycles. The fraction of sp³-hybridized carbons (Fsp3) is 0.350. The molecule has 0 unspecified atom stereocenters. The van der Waals surface area contributed by atoms with E-state index in [4.69, 9.17) is 4.74 Å². The lowest BCUT2D eigenvalue weighted by Gasteiger charge is -2.26. The highest BCUT2D eigenvalue weighted by atomic mass is 32.2. The fourth-order valence-electron chi connectivity index (χ4n) is 3.04. The molecule has 1 aliphatic carbocycles. The van der Waals surface area contributed by atoms with Crippen molar-refractivity contribution >= 4 is 17.7 Å². The topological polar surface area (TPSA) is 38.3 Å². The molecule has 0 saturated carbocycles. The average Bonchev–Trinajstić information content (AvgIpc) is 2.63. The van der Waals surface area contributed by atoms with Crippen molar-refractivity contribution in [3.8, 4) is 5.75 Å². The van der Waals surface area contributed by atoms with Crippen LogP contribution in [0.5, 0.6) is 5.75 Å². The first-order valence-corrected chi connectivity index (χ1v) is 9.61. The largest absolute Gasteiger partial charge is 0.493 e. The van der Waals surface area contributed by atoms with Crippen molar-refractivity contribution in [3.05, 3.63) is 65.7 Å². The highest BCUT2D eigenvalue weighted by Gasteiger charge is 2.21. The van der Waals surface area contributed by atoms with Crippen molar-refractivity contribution in [1.82, 2.24) is 5.32 Å². The number of thioether (sulfide) groups is 1. The molecular weight excluding hydrogens is 318 g/mol. The van der Waals surface area contributed by atoms with Gasteiger partial charge in [-0.25, -0.2) is 0 Å². The van der Waals surface area contributed by atoms with Gasteiger partial charge in [-0.3, -0.25) is 4.79 Å². The second kappa shape index (κ2) is 8.78. The van der Waals surface area contributed by atoms with Gasteiger partial charge in [0.2, 0.25) is 5.91 Å². The summed E-state index contributed by atoms with van der Waals surface area (Å²) in [5, 5.41) is 3.18. The standard InChI is InChI=1S/C20H23NO2S/c22-20(15-24-14-13-23-17-9-2-1-3-10-17)21-19-12-6-8-16-7-4-5-11-18(16)19/h1-5,7,9-11,19H,6,8,12-15H2,(H,21,22)/t19-/m1/s1. The van der Waals surface area contributed by atoms with Gasteiger partial charge in [0.25, 0.3) is 0 Å². The second-order valence-electron chi connectivity index (χ2n) is 5.93. The molecule has 0 spiro atoms. The number of ether oxygens (including phenoxy) is 1. The third kappa shape index (κ3) is 4.78. The molecule has 0 fully saturated rings. The Morgan fingerprint density at radius 3 is 2.79 bits per heavy atom. The van der Waals surface area contributed by atoms with Gasteiger partial charge in [-0.1, -0.05) is 42.5 Å². The van der Waals surface area contributed by atoms with Crippen LogP contribution >= 0.6 is 11.8 Å². The van der Waals surface area contributed by atoms with E-state index in [-0.39, 0.29) is 11.9 Å². The Balaban J connectivity index is 1.37. The Morgan fingerprint density at radius 1 is 1.12 bits per heavy atom. The highest BCUT2D eigenvalue weighted by Crippen LogP contribution is 2.29. The zero-order chi connectivity index (χ0) is 16.6. The third-order valence-corrected chi connectivity index (χ3v) is 5.10. The minimum Gasteiger partial charge on any atom is -0.493 e. The van der Waals surface area contributed by atoms with Gasteiger partial charge in [-0.2, -0.15) is 0 Å². The maximum atomic E-state index is 12.2. The van der Waals surface area contributed by atoms with Crippen LogP contribution in [0.15, 0.2) is 54.6 Å². The molecule has 24 heavy (non-hydrogen) atoms. The molecule has 1 aliphatic rings. The Bertz CT molecular complexity index is 660. The molecule has 2 aromatic carbocycles. The van der Waals surface area contributed by atoms with Gasteiger partial charge in [0.1, 0.15) is 5.75 Å². The third-order valence-electron chi connectivity index (χ3n) is 4.18. The zero-order valence-corrected chi connectivity index (χ0v) is 14.6. The van der Waals surface area contributed by atoms with Gasteiger partial charge in [0, 0.05) is 5.75 Å². The quantitative estimate of drug-likeness (QED) is 0.774. The summed E-state index contributed by atoms with van der Waals surface area (Å²) < 4.78 is 5.63. The first-order chi connectivity index (χ1) is 11.8. The average molecular weight is 341 g/mol. The van der Waals surface area contributed by atoms with Crippen LogP contribution in [0.25, 0.3) is 0 Å². The number of hydrogen-bond donors (Lipinski definition) is 1. The van der Waals surface area contributed by atoms with E-state index < -0.39 is 0 Å². The molecule has 0 aromatic heterocycles. The van der Waals surface area contributed by atoms with Gasteiger partial charge in [0.05, 0.1) is 18.4 Å². The number of para-hydroxylation sites is 1. The summed E-state index contributed by atoms with van der Waals surface area (Å²) in [6.45, 7) is 0.619. The van der Waals surface area contributed by atoms with Crippen molar-refractivity contribution in [2.45, 2.75) is 25.3 Å². The van der Waals surface area contributed by atoms with E-state index in [0.29, 0.717) is 12.4 Å². The highest BCUT2D eigenvalue weighted by molar-refractivity contribution is 7.99. The lowest BCUT2D eigenvalue weighted by molar-refractivity contribution is -0.119. The first-order valence-electron chi connectivity index (χ1n) is 8.46. The van der Waals surface area contributed by atoms with Crippen LogP contribution in [0, 0.1) is 0 Å². The molecule has 0 bridgehead atoms. The lowest BCUT2D eigenvalue weighted by Crippen LogP contribution is -2.32. The summed E-state index contributed by atoms with van der Waals surface area (Å²) in [6.07, 6.45) is 3.29. The fourth-order valence-corrected chi connectivity index (χ4v) is 3.65. The lowest BCUT2D eigenvalue weighted by atomic mass is 9.88. The molecule has 0 heterocycles. The molecule has 3 nitrogen and oxygen atoms in total. The Hall–Kier alpha value is -1.94. The maximum absolute atomic E-state index is 12.2. The maximum Gasteiger partial charge on any atom is 0.230 e. The summed E-state index contributed by atoms with van der Waals surface area (Å²) in [6, 6.07) is 18.4. The molecule has 126 valence electrons. The molecule has 3 rings (SSSR count). The van der Waals surface area contributed by atoms with Crippen LogP contribution < -0.4 is 10.1 Å². The van der Waals surface area contributed by atoms with Crippen LogP contribution in [0.2, 0.25) is 0 Å². The molecule has 0 radical (unpaired) electrons. The summed E-state index contributed by atoms with van der Waals surface area (Å²) in [7, 11) is 0. The van der Waals surface area contributed by atoms with E-state index in [1.54, 1.807) is 11.8 Å². The van der Waals surface area contributed by atoms with E-state index in [2.05, 4.69) is 29.6 Å². The summed E-state index contributed by atoms with van der Waals surface area (Å²) in [5.74, 6) is 2.28. The molecule has 2 aromatic rings. The molecule has 1 amide bonds. The van der Waals surface area contributed by atoms with Gasteiger partial charge in [-0.05, 0) is 42.5 Å². The second-order valence-corrected chi connectivity index (χ2v) is 7.03. The van der Waals surface area contributed by atoms with Crippen molar-refractivity contribution < 1.29 is 9.53 Å². The van der Waals surface area contributed by atoms with E-state index in [0.717, 1.165) is 30.8 Å². The van der Waals surface area contributed by atoms with Crippen LogP contribution in [-0.2, 0) is 11.2 Å². The number of carbonyl (C=O) groups is 1. The summed E-state index contributed by atoms with van der Waals surface area (Å²) in [4.78, 5) is 12.2. The molecule has 4 heteroatoms. The summed E-state index contributed by atoms with van der Waals surface area (Å²) in [5.41, 5.74) is 2.66. The summed E-state index contributed by atoms with van der Waals surface area (Å²) >= 11 is 1.61. The first kappa shape index (κ1) is 16.9. The smallest absolute Gasteiger partial charge is 0.230 e. The minimum atomic E-state index is 0.112. The van der Waals surface area contributed by atoms with Crippen LogP contribution in [0.3, 0.4) is 0 Å². The Kier molecular flexibility index (Phi) is 6.19. The van der Waals surface area contributed by atoms with Crippen molar-refractivity contribution in [1.29, 1.82) is 0 Å². The van der Waals surface area contributed by atoms with Gasteiger partial charge in [0.15, 0.2) is 0 Å². The van der Waals surface area contributed by atoms with E-state index in [9.17, 15) is 4.79 Å². The normalized spacial score (nSPS) is 16.2. The van der Waals surface area contributed by atoms with Crippen LogP contribution in [0.4, 0.5) is 0 Å². The van der Waals surface area contributed by atoms with Crippen molar-refractivity contribution in [2.24, 2.45) is 0 Å². The van der Waals surface area contributed by atoms with Gasteiger partial charge < -0.3 is 10.1 Å². The van der Waals surface area contributed by atoms with Crippen molar-refractivity contribution in [3.63, 3.8) is 0 Å². The van der Waals surface area contributed by atoms with E-state index in [1.807, 2.05) is 30.3 Å². The van der Waals surface area contributed by atoms with E-state index >= 15 is 0 Å². The van der Waals surface area contributed by atoms with Gasteiger partial charge in [-0.15, -0.1) is 11.8 Å². The van der Waals surface area contributed by atoms with Gasteiger partial charge >= 0.3 is 0 Å². The van der Waals surface area contributed by atoms with Crippen LogP contribution in [0.1, 0.15) is 30.0 Å². The number of hydrogen-bond acceptors (Lipinski definition) is 3. The predicted octanol–water partition coefficient (Wildman–Crippen LogP) is 3.99. The number of benzene rings is 2. The molecular formula is C20H23NO2S. The molecule has 1 atom stereocenters. The zero-order valence-electron chi connectivity index (χ0n) is 13.7. The number of aryl methyl sites for hydroxylation is 1. The molecule has 1 N–H and O–H groups in total.